The predicted octanol–water partition coefficient (Wildman–Crippen LogP) is 3.60. The summed E-state index contributed by atoms with van der Waals surface area (Å²) in [5.74, 6) is 0.864. The van der Waals surface area contributed by atoms with Crippen molar-refractivity contribution in [1.29, 1.82) is 5.26 Å². The molecule has 0 saturated carbocycles. The van der Waals surface area contributed by atoms with Crippen LogP contribution in [0.5, 0.6) is 5.75 Å². The molecular weight excluding hydrogens is 284 g/mol. The van der Waals surface area contributed by atoms with Crippen LogP contribution in [0.4, 0.5) is 0 Å². The zero-order valence-electron chi connectivity index (χ0n) is 11.9. The van der Waals surface area contributed by atoms with Crippen molar-refractivity contribution in [3.05, 3.63) is 63.7 Å². The second-order valence-corrected chi connectivity index (χ2v) is 5.22. The first-order valence-electron chi connectivity index (χ1n) is 6.75. The molecule has 2 aromatic carbocycles. The third kappa shape index (κ3) is 3.75. The van der Waals surface area contributed by atoms with E-state index in [1.54, 1.807) is 12.1 Å². The first kappa shape index (κ1) is 15.4. The minimum atomic E-state index is 0.368. The van der Waals surface area contributed by atoms with E-state index in [4.69, 9.17) is 27.3 Å². The highest BCUT2D eigenvalue weighted by Crippen LogP contribution is 2.26. The summed E-state index contributed by atoms with van der Waals surface area (Å²) < 4.78 is 5.94. The molecule has 0 fully saturated rings. The van der Waals surface area contributed by atoms with E-state index in [9.17, 15) is 0 Å². The van der Waals surface area contributed by atoms with Gasteiger partial charge in [0.05, 0.1) is 11.6 Å². The number of nitrogens with zero attached hydrogens (tertiary/aromatic N) is 1. The van der Waals surface area contributed by atoms with Gasteiger partial charge in [-0.1, -0.05) is 35.9 Å². The van der Waals surface area contributed by atoms with Crippen LogP contribution in [0.1, 0.15) is 22.3 Å². The fraction of sp³-hybridized carbons (Fsp3) is 0.235. The third-order valence-electron chi connectivity index (χ3n) is 3.26. The van der Waals surface area contributed by atoms with Crippen LogP contribution in [0.25, 0.3) is 0 Å². The van der Waals surface area contributed by atoms with Gasteiger partial charge in [-0.05, 0) is 43.1 Å². The lowest BCUT2D eigenvalue weighted by Gasteiger charge is -2.14. The number of para-hydroxylation sites is 1. The largest absolute Gasteiger partial charge is 0.488 e. The van der Waals surface area contributed by atoms with Crippen molar-refractivity contribution in [3.63, 3.8) is 0 Å². The highest BCUT2D eigenvalue weighted by Gasteiger charge is 2.08. The fourth-order valence-electron chi connectivity index (χ4n) is 2.16. The molecule has 2 aromatic rings. The van der Waals surface area contributed by atoms with Gasteiger partial charge in [0.1, 0.15) is 12.4 Å². The normalized spacial score (nSPS) is 10.2. The van der Waals surface area contributed by atoms with E-state index in [-0.39, 0.29) is 0 Å². The minimum Gasteiger partial charge on any atom is -0.488 e. The number of ether oxygens (including phenoxy) is 1. The van der Waals surface area contributed by atoms with E-state index < -0.39 is 0 Å². The molecule has 4 heteroatoms. The van der Waals surface area contributed by atoms with E-state index >= 15 is 0 Å². The second-order valence-electron chi connectivity index (χ2n) is 4.81. The zero-order chi connectivity index (χ0) is 15.2. The molecule has 0 atom stereocenters. The maximum Gasteiger partial charge on any atom is 0.125 e. The lowest BCUT2D eigenvalue weighted by Crippen LogP contribution is -2.06. The van der Waals surface area contributed by atoms with Crippen molar-refractivity contribution in [1.82, 2.24) is 0 Å². The summed E-state index contributed by atoms with van der Waals surface area (Å²) in [6.45, 7) is 2.96. The Morgan fingerprint density at radius 3 is 2.71 bits per heavy atom. The third-order valence-corrected chi connectivity index (χ3v) is 3.61. The maximum atomic E-state index is 8.84. The summed E-state index contributed by atoms with van der Waals surface area (Å²) in [5, 5.41) is 9.39. The molecule has 2 N–H and O–H groups in total. The van der Waals surface area contributed by atoms with Gasteiger partial charge in [-0.2, -0.15) is 5.26 Å². The summed E-state index contributed by atoms with van der Waals surface area (Å²) in [5.41, 5.74) is 9.21. The molecule has 0 aromatic heterocycles. The number of aryl methyl sites for hydroxylation is 1. The van der Waals surface area contributed by atoms with E-state index in [0.29, 0.717) is 23.7 Å². The minimum absolute atomic E-state index is 0.368. The number of nitrogens with two attached hydrogens (primary N) is 1. The van der Waals surface area contributed by atoms with Gasteiger partial charge in [0.25, 0.3) is 0 Å². The maximum absolute atomic E-state index is 8.84. The van der Waals surface area contributed by atoms with Crippen molar-refractivity contribution in [2.45, 2.75) is 20.0 Å². The Balaban J connectivity index is 2.19. The Hall–Kier alpha value is -2.02. The molecule has 108 valence electrons. The molecule has 0 aliphatic rings. The van der Waals surface area contributed by atoms with Crippen molar-refractivity contribution in [2.24, 2.45) is 5.73 Å². The standard InChI is InChI=1S/C17H17ClN2O/c1-12-3-2-4-14(7-8-19)17(12)21-11-15-6-5-13(10-20)9-16(15)18/h2-6,9H,7-8,11,19H2,1H3. The number of benzene rings is 2. The van der Waals surface area contributed by atoms with E-state index in [1.807, 2.05) is 31.2 Å². The van der Waals surface area contributed by atoms with E-state index in [2.05, 4.69) is 6.07 Å². The highest BCUT2D eigenvalue weighted by atomic mass is 35.5. The molecule has 0 bridgehead atoms. The van der Waals surface area contributed by atoms with Crippen LogP contribution in [-0.4, -0.2) is 6.54 Å². The molecule has 21 heavy (non-hydrogen) atoms. The summed E-state index contributed by atoms with van der Waals surface area (Å²) in [6.07, 6.45) is 0.776. The number of nitriles is 1. The molecular formula is C17H17ClN2O. The Labute approximate surface area is 129 Å². The van der Waals surface area contributed by atoms with Gasteiger partial charge in [0.2, 0.25) is 0 Å². The Bertz CT molecular complexity index is 677. The molecule has 0 aliphatic heterocycles. The van der Waals surface area contributed by atoms with Crippen LogP contribution in [0.15, 0.2) is 36.4 Å². The van der Waals surface area contributed by atoms with E-state index in [0.717, 1.165) is 28.9 Å². The molecule has 0 saturated heterocycles. The highest BCUT2D eigenvalue weighted by molar-refractivity contribution is 6.31. The summed E-state index contributed by atoms with van der Waals surface area (Å²) >= 11 is 6.16. The van der Waals surface area contributed by atoms with Crippen molar-refractivity contribution < 1.29 is 4.74 Å². The van der Waals surface area contributed by atoms with Gasteiger partial charge >= 0.3 is 0 Å². The van der Waals surface area contributed by atoms with Crippen LogP contribution in [0, 0.1) is 18.3 Å². The molecule has 0 radical (unpaired) electrons. The SMILES string of the molecule is Cc1cccc(CCN)c1OCc1ccc(C#N)cc1Cl. The van der Waals surface area contributed by atoms with Crippen molar-refractivity contribution in [2.75, 3.05) is 6.54 Å². The van der Waals surface area contributed by atoms with Gasteiger partial charge in [0, 0.05) is 10.6 Å². The molecule has 0 amide bonds. The number of rotatable bonds is 5. The molecule has 2 rings (SSSR count). The van der Waals surface area contributed by atoms with E-state index in [1.165, 1.54) is 0 Å². The quantitative estimate of drug-likeness (QED) is 0.918. The van der Waals surface area contributed by atoms with Crippen molar-refractivity contribution >= 4 is 11.6 Å². The Morgan fingerprint density at radius 2 is 2.05 bits per heavy atom. The average Bonchev–Trinajstić information content (AvgIpc) is 2.48. The van der Waals surface area contributed by atoms with Crippen LogP contribution in [-0.2, 0) is 13.0 Å². The average molecular weight is 301 g/mol. The fourth-order valence-corrected chi connectivity index (χ4v) is 2.39. The topological polar surface area (TPSA) is 59.0 Å². The lowest BCUT2D eigenvalue weighted by atomic mass is 10.1. The van der Waals surface area contributed by atoms with Gasteiger partial charge in [-0.3, -0.25) is 0 Å². The first-order valence-corrected chi connectivity index (χ1v) is 7.13. The van der Waals surface area contributed by atoms with Crippen LogP contribution in [0.3, 0.4) is 0 Å². The van der Waals surface area contributed by atoms with Crippen molar-refractivity contribution in [3.8, 4) is 11.8 Å². The van der Waals surface area contributed by atoms with Gasteiger partial charge in [0.15, 0.2) is 0 Å². The number of halogens is 1. The van der Waals surface area contributed by atoms with Gasteiger partial charge in [-0.25, -0.2) is 0 Å². The van der Waals surface area contributed by atoms with Gasteiger partial charge < -0.3 is 10.5 Å². The Morgan fingerprint density at radius 1 is 1.24 bits per heavy atom. The summed E-state index contributed by atoms with van der Waals surface area (Å²) in [7, 11) is 0. The predicted molar refractivity (Wildman–Crippen MR) is 84.4 cm³/mol. The number of hydrogen-bond acceptors (Lipinski definition) is 3. The van der Waals surface area contributed by atoms with Gasteiger partial charge in [-0.15, -0.1) is 0 Å². The van der Waals surface area contributed by atoms with Crippen LogP contribution >= 0.6 is 11.6 Å². The van der Waals surface area contributed by atoms with Crippen LogP contribution in [0.2, 0.25) is 5.02 Å². The lowest BCUT2D eigenvalue weighted by molar-refractivity contribution is 0.301. The second kappa shape index (κ2) is 7.12. The first-order chi connectivity index (χ1) is 10.2. The number of hydrogen-bond donors (Lipinski definition) is 1. The molecule has 3 nitrogen and oxygen atoms in total. The monoisotopic (exact) mass is 300 g/mol. The molecule has 0 aliphatic carbocycles. The molecule has 0 spiro atoms. The Kier molecular flexibility index (Phi) is 5.21. The summed E-state index contributed by atoms with van der Waals surface area (Å²) in [6, 6.07) is 13.3. The molecule has 0 unspecified atom stereocenters. The summed E-state index contributed by atoms with van der Waals surface area (Å²) in [4.78, 5) is 0. The smallest absolute Gasteiger partial charge is 0.125 e. The zero-order valence-corrected chi connectivity index (χ0v) is 12.7. The molecule has 0 heterocycles. The van der Waals surface area contributed by atoms with Crippen LogP contribution < -0.4 is 10.5 Å².